The van der Waals surface area contributed by atoms with Crippen LogP contribution in [0.5, 0.6) is 5.75 Å². The summed E-state index contributed by atoms with van der Waals surface area (Å²) >= 11 is 0. The Hall–Kier alpha value is -1.65. The average molecular weight is 302 g/mol. The third-order valence-electron chi connectivity index (χ3n) is 6.24. The number of amides is 1. The Morgan fingerprint density at radius 2 is 2.18 bits per heavy atom. The van der Waals surface area contributed by atoms with E-state index in [-0.39, 0.29) is 23.5 Å². The second kappa shape index (κ2) is 4.21. The van der Waals surface area contributed by atoms with Gasteiger partial charge in [-0.2, -0.15) is 0 Å². The third-order valence-corrected chi connectivity index (χ3v) is 6.24. The van der Waals surface area contributed by atoms with Crippen LogP contribution in [0.3, 0.4) is 0 Å². The van der Waals surface area contributed by atoms with Crippen LogP contribution in [0.1, 0.15) is 50.1 Å². The van der Waals surface area contributed by atoms with E-state index in [1.165, 1.54) is 19.0 Å². The maximum absolute atomic E-state index is 13.9. The number of hydrogen-bond acceptors (Lipinski definition) is 3. The second-order valence-electron chi connectivity index (χ2n) is 7.42. The first-order chi connectivity index (χ1) is 10.7. The van der Waals surface area contributed by atoms with E-state index in [9.17, 15) is 9.18 Å². The topological polar surface area (TPSA) is 42.4 Å². The standard InChI is InChI=1S/C17H19FN2O2/c18-13-8-19-7-12-14-5-11(22-15(12)13)9-20(14)16(21)17-3-1-10(6-17)2-4-17/h7-8,10-11,14H,1-6,9H2/t10?,11-,14-,17?/m0/s1. The third kappa shape index (κ3) is 1.57. The van der Waals surface area contributed by atoms with Gasteiger partial charge in [-0.15, -0.1) is 0 Å². The molecule has 2 saturated carbocycles. The smallest absolute Gasteiger partial charge is 0.229 e. The minimum absolute atomic E-state index is 0.0570. The molecule has 0 unspecified atom stereocenters. The Labute approximate surface area is 128 Å². The van der Waals surface area contributed by atoms with Crippen LogP contribution in [0.15, 0.2) is 12.4 Å². The zero-order valence-electron chi connectivity index (χ0n) is 12.4. The summed E-state index contributed by atoms with van der Waals surface area (Å²) in [6, 6.07) is -0.0570. The van der Waals surface area contributed by atoms with Crippen molar-refractivity contribution in [2.45, 2.75) is 50.7 Å². The fourth-order valence-corrected chi connectivity index (χ4v) is 5.17. The lowest BCUT2D eigenvalue weighted by molar-refractivity contribution is -0.142. The summed E-state index contributed by atoms with van der Waals surface area (Å²) in [7, 11) is 0. The van der Waals surface area contributed by atoms with Gasteiger partial charge >= 0.3 is 0 Å². The molecular weight excluding hydrogens is 283 g/mol. The quantitative estimate of drug-likeness (QED) is 0.801. The van der Waals surface area contributed by atoms with Crippen LogP contribution in [0, 0.1) is 17.2 Å². The number of carbonyl (C=O) groups excluding carboxylic acids is 1. The van der Waals surface area contributed by atoms with Crippen LogP contribution in [-0.4, -0.2) is 28.4 Å². The van der Waals surface area contributed by atoms with Crippen LogP contribution in [-0.2, 0) is 4.79 Å². The van der Waals surface area contributed by atoms with Crippen molar-refractivity contribution in [1.82, 2.24) is 9.88 Å². The maximum Gasteiger partial charge on any atom is 0.229 e. The fraction of sp³-hybridized carbons (Fsp3) is 0.647. The van der Waals surface area contributed by atoms with Crippen molar-refractivity contribution in [3.63, 3.8) is 0 Å². The van der Waals surface area contributed by atoms with Gasteiger partial charge in [0.05, 0.1) is 18.8 Å². The minimum atomic E-state index is -0.415. The zero-order valence-corrected chi connectivity index (χ0v) is 12.4. The number of hydrogen-bond donors (Lipinski definition) is 0. The van der Waals surface area contributed by atoms with E-state index in [0.717, 1.165) is 37.2 Å². The van der Waals surface area contributed by atoms with E-state index in [1.54, 1.807) is 6.20 Å². The second-order valence-corrected chi connectivity index (χ2v) is 7.42. The van der Waals surface area contributed by atoms with Gasteiger partial charge in [0.2, 0.25) is 5.91 Å². The number of rotatable bonds is 1. The molecule has 2 aliphatic heterocycles. The molecule has 116 valence electrons. The van der Waals surface area contributed by atoms with Crippen molar-refractivity contribution in [3.05, 3.63) is 23.8 Å². The molecule has 5 heteroatoms. The molecule has 2 aliphatic carbocycles. The van der Waals surface area contributed by atoms with E-state index < -0.39 is 5.82 Å². The lowest BCUT2D eigenvalue weighted by Gasteiger charge is -2.34. The van der Waals surface area contributed by atoms with Gasteiger partial charge in [-0.05, 0) is 38.0 Å². The van der Waals surface area contributed by atoms with Crippen molar-refractivity contribution >= 4 is 5.91 Å². The van der Waals surface area contributed by atoms with Crippen molar-refractivity contribution in [3.8, 4) is 5.75 Å². The van der Waals surface area contributed by atoms with Crippen LogP contribution in [0.25, 0.3) is 0 Å². The van der Waals surface area contributed by atoms with Crippen LogP contribution in [0.2, 0.25) is 0 Å². The Bertz CT molecular complexity index is 654. The van der Waals surface area contributed by atoms with Gasteiger partial charge in [-0.3, -0.25) is 9.78 Å². The summed E-state index contributed by atoms with van der Waals surface area (Å²) in [5, 5.41) is 0. The fourth-order valence-electron chi connectivity index (χ4n) is 5.17. The highest BCUT2D eigenvalue weighted by atomic mass is 19.1. The van der Waals surface area contributed by atoms with E-state index in [1.807, 2.05) is 4.90 Å². The van der Waals surface area contributed by atoms with E-state index in [0.29, 0.717) is 12.3 Å². The summed E-state index contributed by atoms with van der Waals surface area (Å²) in [5.41, 5.74) is 0.606. The highest BCUT2D eigenvalue weighted by Gasteiger charge is 2.55. The molecule has 4 nitrogen and oxygen atoms in total. The molecule has 4 aliphatic rings. The monoisotopic (exact) mass is 302 g/mol. The molecule has 2 atom stereocenters. The molecule has 1 aromatic rings. The number of aromatic nitrogens is 1. The average Bonchev–Trinajstić information content (AvgIpc) is 3.22. The van der Waals surface area contributed by atoms with E-state index >= 15 is 0 Å². The molecule has 0 radical (unpaired) electrons. The predicted molar refractivity (Wildman–Crippen MR) is 76.7 cm³/mol. The highest BCUT2D eigenvalue weighted by Crippen LogP contribution is 2.56. The SMILES string of the molecule is O=C(N1C[C@@H]2C[C@H]1c1cncc(F)c1O2)C12CCC(CC1)C2. The predicted octanol–water partition coefficient (Wildman–Crippen LogP) is 2.84. The first-order valence-electron chi connectivity index (χ1n) is 8.27. The molecule has 5 rings (SSSR count). The van der Waals surface area contributed by atoms with E-state index in [2.05, 4.69) is 4.98 Å². The minimum Gasteiger partial charge on any atom is -0.485 e. The number of carbonyl (C=O) groups is 1. The highest BCUT2D eigenvalue weighted by molar-refractivity contribution is 5.84. The molecule has 3 fully saturated rings. The normalized spacial score (nSPS) is 38.0. The lowest BCUT2D eigenvalue weighted by Crippen LogP contribution is -2.41. The number of fused-ring (bicyclic) bond motifs is 6. The van der Waals surface area contributed by atoms with Gasteiger partial charge in [0.15, 0.2) is 11.6 Å². The largest absolute Gasteiger partial charge is 0.485 e. The van der Waals surface area contributed by atoms with Gasteiger partial charge in [0, 0.05) is 23.6 Å². The van der Waals surface area contributed by atoms with Crippen LogP contribution in [0.4, 0.5) is 4.39 Å². The molecule has 3 heterocycles. The number of halogens is 1. The Morgan fingerprint density at radius 3 is 2.91 bits per heavy atom. The van der Waals surface area contributed by atoms with Crippen molar-refractivity contribution in [1.29, 1.82) is 0 Å². The van der Waals surface area contributed by atoms with Crippen LogP contribution < -0.4 is 4.74 Å². The number of likely N-dealkylation sites (tertiary alicyclic amines) is 1. The lowest BCUT2D eigenvalue weighted by atomic mass is 9.82. The molecule has 1 aromatic heterocycles. The van der Waals surface area contributed by atoms with E-state index in [4.69, 9.17) is 4.74 Å². The molecule has 0 spiro atoms. The Morgan fingerprint density at radius 1 is 1.36 bits per heavy atom. The molecule has 22 heavy (non-hydrogen) atoms. The summed E-state index contributed by atoms with van der Waals surface area (Å²) < 4.78 is 19.7. The van der Waals surface area contributed by atoms with Gasteiger partial charge in [-0.25, -0.2) is 4.39 Å². The number of pyridine rings is 1. The zero-order chi connectivity index (χ0) is 14.9. The van der Waals surface area contributed by atoms with Crippen LogP contribution >= 0.6 is 0 Å². The van der Waals surface area contributed by atoms with Crippen molar-refractivity contribution in [2.75, 3.05) is 6.54 Å². The van der Waals surface area contributed by atoms with Gasteiger partial charge in [-0.1, -0.05) is 0 Å². The molecule has 0 N–H and O–H groups in total. The molecule has 4 bridgehead atoms. The van der Waals surface area contributed by atoms with Crippen molar-refractivity contribution < 1.29 is 13.9 Å². The Kier molecular flexibility index (Phi) is 2.46. The van der Waals surface area contributed by atoms with Gasteiger partial charge in [0.25, 0.3) is 0 Å². The Balaban J connectivity index is 1.51. The molecule has 0 aromatic carbocycles. The van der Waals surface area contributed by atoms with Crippen molar-refractivity contribution in [2.24, 2.45) is 11.3 Å². The maximum atomic E-state index is 13.9. The number of ether oxygens (including phenoxy) is 1. The molecule has 1 amide bonds. The molecular formula is C17H19FN2O2. The van der Waals surface area contributed by atoms with Gasteiger partial charge < -0.3 is 9.64 Å². The molecule has 1 saturated heterocycles. The summed E-state index contributed by atoms with van der Waals surface area (Å²) in [6.07, 6.45) is 9.03. The summed E-state index contributed by atoms with van der Waals surface area (Å²) in [6.45, 7) is 0.587. The first-order valence-corrected chi connectivity index (χ1v) is 8.27. The first kappa shape index (κ1) is 12.9. The summed E-state index contributed by atoms with van der Waals surface area (Å²) in [5.74, 6) is 0.913. The van der Waals surface area contributed by atoms with Gasteiger partial charge in [0.1, 0.15) is 6.10 Å². The summed E-state index contributed by atoms with van der Waals surface area (Å²) in [4.78, 5) is 19.1. The number of nitrogens with zero attached hydrogens (tertiary/aromatic N) is 2.